The zero-order valence-corrected chi connectivity index (χ0v) is 15.2. The number of amides is 2. The molecule has 0 atom stereocenters. The van der Waals surface area contributed by atoms with E-state index in [4.69, 9.17) is 14.9 Å². The molecular formula is C21H13F2N3O4. The third-order valence-corrected chi connectivity index (χ3v) is 4.16. The highest BCUT2D eigenvalue weighted by molar-refractivity contribution is 6.14. The van der Waals surface area contributed by atoms with Crippen molar-refractivity contribution in [1.29, 1.82) is 0 Å². The van der Waals surface area contributed by atoms with Crippen LogP contribution in [-0.4, -0.2) is 16.8 Å². The quantitative estimate of drug-likeness (QED) is 0.512. The van der Waals surface area contributed by atoms with Crippen molar-refractivity contribution in [3.63, 3.8) is 0 Å². The van der Waals surface area contributed by atoms with Crippen LogP contribution in [0.1, 0.15) is 20.9 Å². The molecule has 30 heavy (non-hydrogen) atoms. The molecule has 2 amide bonds. The van der Waals surface area contributed by atoms with Gasteiger partial charge in [-0.25, -0.2) is 13.8 Å². The maximum Gasteiger partial charge on any atom is 0.286 e. The van der Waals surface area contributed by atoms with E-state index in [2.05, 4.69) is 10.3 Å². The molecule has 3 N–H and O–H groups in total. The molecule has 0 aliphatic rings. The van der Waals surface area contributed by atoms with Crippen LogP contribution in [0, 0.1) is 11.6 Å². The zero-order chi connectivity index (χ0) is 21.3. The Morgan fingerprint density at radius 2 is 1.87 bits per heavy atom. The third-order valence-electron chi connectivity index (χ3n) is 4.16. The van der Waals surface area contributed by atoms with Crippen molar-refractivity contribution in [2.45, 2.75) is 0 Å². The van der Waals surface area contributed by atoms with Gasteiger partial charge in [0.1, 0.15) is 17.1 Å². The lowest BCUT2D eigenvalue weighted by Crippen LogP contribution is -2.17. The minimum atomic E-state index is -0.923. The molecule has 0 unspecified atom stereocenters. The molecule has 0 fully saturated rings. The van der Waals surface area contributed by atoms with E-state index in [1.54, 1.807) is 6.07 Å². The van der Waals surface area contributed by atoms with Gasteiger partial charge in [-0.15, -0.1) is 0 Å². The molecule has 4 rings (SSSR count). The predicted molar refractivity (Wildman–Crippen MR) is 103 cm³/mol. The van der Waals surface area contributed by atoms with Crippen LogP contribution in [0.25, 0.3) is 11.0 Å². The van der Waals surface area contributed by atoms with E-state index >= 15 is 0 Å². The fourth-order valence-corrected chi connectivity index (χ4v) is 2.77. The Balaban J connectivity index is 1.59. The Morgan fingerprint density at radius 3 is 2.57 bits per heavy atom. The van der Waals surface area contributed by atoms with Crippen LogP contribution in [0.3, 0.4) is 0 Å². The smallest absolute Gasteiger partial charge is 0.286 e. The Labute approximate surface area is 168 Å². The SMILES string of the molecule is NC(=O)c1oc2ccc(F)cc2c1NC(=O)c1ccc(Oc2ccccc2F)nc1. The number of para-hydroxylation sites is 1. The lowest BCUT2D eigenvalue weighted by molar-refractivity contribution is 0.0977. The number of pyridine rings is 1. The van der Waals surface area contributed by atoms with E-state index < -0.39 is 23.4 Å². The summed E-state index contributed by atoms with van der Waals surface area (Å²) in [4.78, 5) is 28.2. The lowest BCUT2D eigenvalue weighted by Gasteiger charge is -2.07. The number of nitrogens with one attached hydrogen (secondary N) is 1. The van der Waals surface area contributed by atoms with Gasteiger partial charge in [0.15, 0.2) is 11.6 Å². The summed E-state index contributed by atoms with van der Waals surface area (Å²) in [7, 11) is 0. The number of halogens is 2. The molecular weight excluding hydrogens is 396 g/mol. The molecule has 0 bridgehead atoms. The fourth-order valence-electron chi connectivity index (χ4n) is 2.77. The molecule has 0 saturated carbocycles. The summed E-state index contributed by atoms with van der Waals surface area (Å²) in [5.74, 6) is -2.95. The summed E-state index contributed by atoms with van der Waals surface area (Å²) < 4.78 is 37.9. The van der Waals surface area contributed by atoms with E-state index in [1.807, 2.05) is 0 Å². The van der Waals surface area contributed by atoms with Gasteiger partial charge in [0.2, 0.25) is 11.6 Å². The highest BCUT2D eigenvalue weighted by atomic mass is 19.1. The van der Waals surface area contributed by atoms with Crippen LogP contribution in [0.4, 0.5) is 14.5 Å². The molecule has 0 saturated heterocycles. The topological polar surface area (TPSA) is 107 Å². The maximum atomic E-state index is 13.7. The normalized spacial score (nSPS) is 10.7. The Kier molecular flexibility index (Phi) is 4.85. The number of fused-ring (bicyclic) bond motifs is 1. The summed E-state index contributed by atoms with van der Waals surface area (Å²) >= 11 is 0. The number of primary amides is 1. The maximum absolute atomic E-state index is 13.7. The van der Waals surface area contributed by atoms with Crippen LogP contribution < -0.4 is 15.8 Å². The second-order valence-corrected chi connectivity index (χ2v) is 6.18. The summed E-state index contributed by atoms with van der Waals surface area (Å²) in [6.07, 6.45) is 1.21. The van der Waals surface area contributed by atoms with Crippen molar-refractivity contribution >= 4 is 28.5 Å². The molecule has 7 nitrogen and oxygen atoms in total. The highest BCUT2D eigenvalue weighted by Crippen LogP contribution is 2.32. The van der Waals surface area contributed by atoms with Gasteiger partial charge in [-0.3, -0.25) is 9.59 Å². The van der Waals surface area contributed by atoms with Crippen molar-refractivity contribution in [3.8, 4) is 11.6 Å². The zero-order valence-electron chi connectivity index (χ0n) is 15.2. The monoisotopic (exact) mass is 409 g/mol. The second kappa shape index (κ2) is 7.63. The number of aromatic nitrogens is 1. The molecule has 0 spiro atoms. The molecule has 2 aromatic carbocycles. The summed E-state index contributed by atoms with van der Waals surface area (Å²) in [6.45, 7) is 0. The van der Waals surface area contributed by atoms with Crippen molar-refractivity contribution in [1.82, 2.24) is 4.98 Å². The van der Waals surface area contributed by atoms with Gasteiger partial charge < -0.3 is 20.2 Å². The first-order valence-electron chi connectivity index (χ1n) is 8.64. The van der Waals surface area contributed by atoms with Crippen LogP contribution in [-0.2, 0) is 0 Å². The Hall–Kier alpha value is -4.27. The summed E-state index contributed by atoms with van der Waals surface area (Å²) in [6, 6.07) is 12.2. The number of rotatable bonds is 5. The summed E-state index contributed by atoms with van der Waals surface area (Å²) in [5.41, 5.74) is 5.55. The van der Waals surface area contributed by atoms with Gasteiger partial charge in [-0.1, -0.05) is 12.1 Å². The number of hydrogen-bond donors (Lipinski definition) is 2. The first-order chi connectivity index (χ1) is 14.4. The average Bonchev–Trinajstić information content (AvgIpc) is 3.08. The highest BCUT2D eigenvalue weighted by Gasteiger charge is 2.21. The minimum absolute atomic E-state index is 0.0137. The van der Waals surface area contributed by atoms with Gasteiger partial charge >= 0.3 is 0 Å². The molecule has 0 radical (unpaired) electrons. The Morgan fingerprint density at radius 1 is 1.07 bits per heavy atom. The van der Waals surface area contributed by atoms with Crippen molar-refractivity contribution in [2.75, 3.05) is 5.32 Å². The number of nitrogens with zero attached hydrogens (tertiary/aromatic N) is 1. The summed E-state index contributed by atoms with van der Waals surface area (Å²) in [5, 5.41) is 2.68. The second-order valence-electron chi connectivity index (χ2n) is 6.18. The molecule has 0 aliphatic heterocycles. The van der Waals surface area contributed by atoms with Gasteiger partial charge in [0.25, 0.3) is 11.8 Å². The Bertz CT molecular complexity index is 1270. The number of anilines is 1. The third kappa shape index (κ3) is 3.68. The van der Waals surface area contributed by atoms with Crippen molar-refractivity contribution in [3.05, 3.63) is 83.8 Å². The van der Waals surface area contributed by atoms with Gasteiger partial charge in [-0.05, 0) is 36.4 Å². The van der Waals surface area contributed by atoms with Crippen LogP contribution in [0.15, 0.2) is 65.2 Å². The number of hydrogen-bond acceptors (Lipinski definition) is 5. The van der Waals surface area contributed by atoms with Crippen LogP contribution in [0.5, 0.6) is 11.6 Å². The number of carbonyl (C=O) groups excluding carboxylic acids is 2. The molecule has 9 heteroatoms. The number of benzene rings is 2. The van der Waals surface area contributed by atoms with E-state index in [-0.39, 0.29) is 39.6 Å². The van der Waals surface area contributed by atoms with Crippen molar-refractivity contribution < 1.29 is 27.5 Å². The minimum Gasteiger partial charge on any atom is -0.449 e. The largest absolute Gasteiger partial charge is 0.449 e. The van der Waals surface area contributed by atoms with E-state index in [0.717, 1.165) is 12.1 Å². The molecule has 0 aliphatic carbocycles. The lowest BCUT2D eigenvalue weighted by atomic mass is 10.2. The van der Waals surface area contributed by atoms with Gasteiger partial charge in [-0.2, -0.15) is 0 Å². The van der Waals surface area contributed by atoms with Crippen LogP contribution in [0.2, 0.25) is 0 Å². The first-order valence-corrected chi connectivity index (χ1v) is 8.64. The fraction of sp³-hybridized carbons (Fsp3) is 0. The standard InChI is InChI=1S/C21H13F2N3O4/c22-12-6-7-15-13(9-12)18(19(30-15)20(24)27)26-21(28)11-5-8-17(25-10-11)29-16-4-2-1-3-14(16)23/h1-10H,(H2,24,27)(H,26,28). The molecule has 2 aromatic heterocycles. The van der Waals surface area contributed by atoms with E-state index in [9.17, 15) is 18.4 Å². The predicted octanol–water partition coefficient (Wildman–Crippen LogP) is 4.25. The van der Waals surface area contributed by atoms with E-state index in [0.29, 0.717) is 0 Å². The first kappa shape index (κ1) is 19.1. The van der Waals surface area contributed by atoms with Gasteiger partial charge in [0, 0.05) is 17.6 Å². The van der Waals surface area contributed by atoms with E-state index in [1.165, 1.54) is 42.6 Å². The molecule has 2 heterocycles. The molecule has 150 valence electrons. The number of furan rings is 1. The number of nitrogens with two attached hydrogens (primary N) is 1. The average molecular weight is 409 g/mol. The van der Waals surface area contributed by atoms with Crippen LogP contribution >= 0.6 is 0 Å². The molecule has 4 aromatic rings. The number of carbonyl (C=O) groups is 2. The van der Waals surface area contributed by atoms with Gasteiger partial charge in [0.05, 0.1) is 5.56 Å². The van der Waals surface area contributed by atoms with Crippen molar-refractivity contribution in [2.24, 2.45) is 5.73 Å². The number of ether oxygens (including phenoxy) is 1.